The van der Waals surface area contributed by atoms with Crippen LogP contribution < -0.4 is 4.74 Å². The van der Waals surface area contributed by atoms with Crippen molar-refractivity contribution in [2.24, 2.45) is 5.92 Å². The maximum absolute atomic E-state index is 12.6. The van der Waals surface area contributed by atoms with Crippen molar-refractivity contribution in [1.82, 2.24) is 9.80 Å². The molecular weight excluding hydrogens is 304 g/mol. The summed E-state index contributed by atoms with van der Waals surface area (Å²) in [4.78, 5) is 27.5. The number of piperazine rings is 1. The maximum atomic E-state index is 12.6. The van der Waals surface area contributed by atoms with Crippen LogP contribution in [0.5, 0.6) is 5.75 Å². The molecule has 0 spiro atoms. The number of benzene rings is 1. The zero-order chi connectivity index (χ0) is 17.1. The number of ether oxygens (including phenoxy) is 1. The lowest BCUT2D eigenvalue weighted by Gasteiger charge is -2.40. The first-order valence-corrected chi connectivity index (χ1v) is 8.82. The molecule has 1 heterocycles. The highest BCUT2D eigenvalue weighted by molar-refractivity contribution is 5.77. The molecule has 1 unspecified atom stereocenters. The number of hydrogen-bond acceptors (Lipinski definition) is 3. The van der Waals surface area contributed by atoms with E-state index in [-0.39, 0.29) is 18.1 Å². The third kappa shape index (κ3) is 4.08. The summed E-state index contributed by atoms with van der Waals surface area (Å²) in [6.45, 7) is 5.78. The first kappa shape index (κ1) is 16.8. The number of rotatable bonds is 6. The molecule has 1 saturated carbocycles. The lowest BCUT2D eigenvalue weighted by molar-refractivity contribution is -0.139. The SMILES string of the molecule is CC(C)Oc1ccc(C2CN(C=O)CCN2C(=O)CC2CC2)cc1. The van der Waals surface area contributed by atoms with Crippen molar-refractivity contribution in [3.05, 3.63) is 29.8 Å². The fourth-order valence-corrected chi connectivity index (χ4v) is 3.21. The van der Waals surface area contributed by atoms with Gasteiger partial charge < -0.3 is 14.5 Å². The van der Waals surface area contributed by atoms with E-state index in [0.717, 1.165) is 17.7 Å². The standard InChI is InChI=1S/C19H26N2O3/c1-14(2)24-17-7-5-16(6-8-17)18-12-20(13-22)9-10-21(18)19(23)11-15-3-4-15/h5-8,13-15,18H,3-4,9-12H2,1-2H3. The number of hydrogen-bond donors (Lipinski definition) is 0. The van der Waals surface area contributed by atoms with Gasteiger partial charge in [0, 0.05) is 26.1 Å². The zero-order valence-electron chi connectivity index (χ0n) is 14.5. The Bertz CT molecular complexity index is 581. The second kappa shape index (κ2) is 7.24. The summed E-state index contributed by atoms with van der Waals surface area (Å²) < 4.78 is 5.69. The molecule has 24 heavy (non-hydrogen) atoms. The molecule has 2 aliphatic rings. The van der Waals surface area contributed by atoms with E-state index < -0.39 is 0 Å². The van der Waals surface area contributed by atoms with Crippen LogP contribution in [0.15, 0.2) is 24.3 Å². The summed E-state index contributed by atoms with van der Waals surface area (Å²) in [6.07, 6.45) is 4.00. The highest BCUT2D eigenvalue weighted by atomic mass is 16.5. The van der Waals surface area contributed by atoms with Crippen molar-refractivity contribution >= 4 is 12.3 Å². The molecule has 2 fully saturated rings. The number of amides is 2. The Balaban J connectivity index is 1.76. The summed E-state index contributed by atoms with van der Waals surface area (Å²) in [6, 6.07) is 7.84. The normalized spacial score (nSPS) is 21.0. The minimum atomic E-state index is -0.0664. The van der Waals surface area contributed by atoms with E-state index in [2.05, 4.69) is 0 Å². The van der Waals surface area contributed by atoms with Crippen LogP contribution in [0.3, 0.4) is 0 Å². The first-order chi connectivity index (χ1) is 11.6. The van der Waals surface area contributed by atoms with Gasteiger partial charge in [-0.3, -0.25) is 9.59 Å². The van der Waals surface area contributed by atoms with Crippen LogP contribution in [0, 0.1) is 5.92 Å². The van der Waals surface area contributed by atoms with Crippen molar-refractivity contribution < 1.29 is 14.3 Å². The van der Waals surface area contributed by atoms with E-state index in [1.54, 1.807) is 4.90 Å². The zero-order valence-corrected chi connectivity index (χ0v) is 14.5. The Morgan fingerprint density at radius 2 is 1.96 bits per heavy atom. The molecular formula is C19H26N2O3. The monoisotopic (exact) mass is 330 g/mol. The Kier molecular flexibility index (Phi) is 5.07. The van der Waals surface area contributed by atoms with Gasteiger partial charge in [-0.2, -0.15) is 0 Å². The molecule has 5 nitrogen and oxygen atoms in total. The molecule has 3 rings (SSSR count). The van der Waals surface area contributed by atoms with E-state index in [1.807, 2.05) is 43.0 Å². The predicted molar refractivity (Wildman–Crippen MR) is 91.6 cm³/mol. The fraction of sp³-hybridized carbons (Fsp3) is 0.579. The third-order valence-electron chi connectivity index (χ3n) is 4.68. The summed E-state index contributed by atoms with van der Waals surface area (Å²) in [5.41, 5.74) is 1.06. The minimum Gasteiger partial charge on any atom is -0.491 e. The highest BCUT2D eigenvalue weighted by Crippen LogP contribution is 2.35. The Morgan fingerprint density at radius 3 is 2.54 bits per heavy atom. The molecule has 130 valence electrons. The Morgan fingerprint density at radius 1 is 1.25 bits per heavy atom. The number of carbonyl (C=O) groups is 2. The average molecular weight is 330 g/mol. The van der Waals surface area contributed by atoms with Gasteiger partial charge in [0.15, 0.2) is 0 Å². The van der Waals surface area contributed by atoms with E-state index in [4.69, 9.17) is 4.74 Å². The van der Waals surface area contributed by atoms with E-state index in [1.165, 1.54) is 12.8 Å². The van der Waals surface area contributed by atoms with Crippen LogP contribution in [-0.4, -0.2) is 47.9 Å². The van der Waals surface area contributed by atoms with Crippen LogP contribution in [0.4, 0.5) is 0 Å². The van der Waals surface area contributed by atoms with Crippen molar-refractivity contribution in [3.8, 4) is 5.75 Å². The number of nitrogens with zero attached hydrogens (tertiary/aromatic N) is 2. The van der Waals surface area contributed by atoms with Crippen LogP contribution in [-0.2, 0) is 9.59 Å². The third-order valence-corrected chi connectivity index (χ3v) is 4.68. The topological polar surface area (TPSA) is 49.9 Å². The van der Waals surface area contributed by atoms with Crippen LogP contribution in [0.25, 0.3) is 0 Å². The minimum absolute atomic E-state index is 0.0664. The molecule has 0 aromatic heterocycles. The molecule has 0 radical (unpaired) electrons. The van der Waals surface area contributed by atoms with Gasteiger partial charge in [-0.05, 0) is 50.3 Å². The summed E-state index contributed by atoms with van der Waals surface area (Å²) in [7, 11) is 0. The van der Waals surface area contributed by atoms with Gasteiger partial charge in [0.1, 0.15) is 5.75 Å². The van der Waals surface area contributed by atoms with Gasteiger partial charge in [0.05, 0.1) is 12.1 Å². The lowest BCUT2D eigenvalue weighted by atomic mass is 10.0. The Hall–Kier alpha value is -2.04. The fourth-order valence-electron chi connectivity index (χ4n) is 3.21. The van der Waals surface area contributed by atoms with Gasteiger partial charge in [-0.25, -0.2) is 0 Å². The van der Waals surface area contributed by atoms with Gasteiger partial charge in [0.2, 0.25) is 12.3 Å². The molecule has 1 aromatic rings. The average Bonchev–Trinajstić information content (AvgIpc) is 3.38. The highest BCUT2D eigenvalue weighted by Gasteiger charge is 2.34. The van der Waals surface area contributed by atoms with Gasteiger partial charge in [-0.15, -0.1) is 0 Å². The van der Waals surface area contributed by atoms with Crippen LogP contribution >= 0.6 is 0 Å². The maximum Gasteiger partial charge on any atom is 0.223 e. The van der Waals surface area contributed by atoms with Gasteiger partial charge in [-0.1, -0.05) is 12.1 Å². The summed E-state index contributed by atoms with van der Waals surface area (Å²) >= 11 is 0. The smallest absolute Gasteiger partial charge is 0.223 e. The van der Waals surface area contributed by atoms with E-state index >= 15 is 0 Å². The molecule has 1 atom stereocenters. The van der Waals surface area contributed by atoms with Gasteiger partial charge in [0.25, 0.3) is 0 Å². The second-order valence-corrected chi connectivity index (χ2v) is 7.09. The first-order valence-electron chi connectivity index (χ1n) is 8.82. The largest absolute Gasteiger partial charge is 0.491 e. The van der Waals surface area contributed by atoms with Crippen LogP contribution in [0.1, 0.15) is 44.7 Å². The van der Waals surface area contributed by atoms with Crippen LogP contribution in [0.2, 0.25) is 0 Å². The van der Waals surface area contributed by atoms with Crippen molar-refractivity contribution in [1.29, 1.82) is 0 Å². The molecule has 1 aliphatic carbocycles. The molecule has 5 heteroatoms. The quantitative estimate of drug-likeness (QED) is 0.754. The van der Waals surface area contributed by atoms with E-state index in [0.29, 0.717) is 32.0 Å². The number of carbonyl (C=O) groups excluding carboxylic acids is 2. The lowest BCUT2D eigenvalue weighted by Crippen LogP contribution is -2.50. The molecule has 2 amide bonds. The molecule has 1 aliphatic heterocycles. The van der Waals surface area contributed by atoms with Crippen molar-refractivity contribution in [2.75, 3.05) is 19.6 Å². The molecule has 0 N–H and O–H groups in total. The molecule has 0 bridgehead atoms. The molecule has 1 saturated heterocycles. The van der Waals surface area contributed by atoms with Crippen molar-refractivity contribution in [2.45, 2.75) is 45.3 Å². The van der Waals surface area contributed by atoms with Gasteiger partial charge >= 0.3 is 0 Å². The predicted octanol–water partition coefficient (Wildman–Crippen LogP) is 2.62. The van der Waals surface area contributed by atoms with E-state index in [9.17, 15) is 9.59 Å². The summed E-state index contributed by atoms with van der Waals surface area (Å²) in [5, 5.41) is 0. The Labute approximate surface area is 143 Å². The molecule has 1 aromatic carbocycles. The second-order valence-electron chi connectivity index (χ2n) is 7.09. The van der Waals surface area contributed by atoms with Crippen molar-refractivity contribution in [3.63, 3.8) is 0 Å². The summed E-state index contributed by atoms with van der Waals surface area (Å²) in [5.74, 6) is 1.62.